The van der Waals surface area contributed by atoms with Gasteiger partial charge >= 0.3 is 5.97 Å². The van der Waals surface area contributed by atoms with Crippen molar-refractivity contribution in [3.8, 4) is 11.5 Å². The van der Waals surface area contributed by atoms with Crippen molar-refractivity contribution in [2.75, 3.05) is 13.2 Å². The highest BCUT2D eigenvalue weighted by Crippen LogP contribution is 2.37. The summed E-state index contributed by atoms with van der Waals surface area (Å²) in [6, 6.07) is 15.1. The van der Waals surface area contributed by atoms with Crippen LogP contribution >= 0.6 is 11.8 Å². The van der Waals surface area contributed by atoms with E-state index in [9.17, 15) is 4.79 Å². The number of thioether (sulfide) groups is 1. The number of carbonyl (C=O) groups excluding carboxylic acids is 1. The first kappa shape index (κ1) is 22.1. The molecule has 0 fully saturated rings. The van der Waals surface area contributed by atoms with Crippen LogP contribution in [-0.4, -0.2) is 33.9 Å². The molecule has 2 aromatic heterocycles. The second-order valence-corrected chi connectivity index (χ2v) is 8.46. The van der Waals surface area contributed by atoms with Crippen molar-refractivity contribution in [2.24, 2.45) is 0 Å². The number of aromatic nitrogens is 3. The van der Waals surface area contributed by atoms with Crippen LogP contribution in [0.15, 0.2) is 70.8 Å². The highest BCUT2D eigenvalue weighted by Gasteiger charge is 2.29. The Hall–Kier alpha value is -3.72. The zero-order chi connectivity index (χ0) is 23.5. The molecule has 0 bridgehead atoms. The minimum absolute atomic E-state index is 0.214. The Morgan fingerprint density at radius 3 is 2.82 bits per heavy atom. The molecule has 1 unspecified atom stereocenters. The van der Waals surface area contributed by atoms with E-state index in [0.29, 0.717) is 47.0 Å². The Labute approximate surface area is 200 Å². The van der Waals surface area contributed by atoms with Crippen molar-refractivity contribution in [3.63, 3.8) is 0 Å². The van der Waals surface area contributed by atoms with Gasteiger partial charge in [0.05, 0.1) is 6.61 Å². The van der Waals surface area contributed by atoms with Crippen molar-refractivity contribution in [3.05, 3.63) is 78.3 Å². The number of para-hydroxylation sites is 3. The number of hydrogen-bond donors (Lipinski definition) is 0. The quantitative estimate of drug-likeness (QED) is 0.195. The Balaban J connectivity index is 1.43. The lowest BCUT2D eigenvalue weighted by atomic mass is 10.1. The maximum Gasteiger partial charge on any atom is 0.374 e. The number of esters is 1. The summed E-state index contributed by atoms with van der Waals surface area (Å²) in [5.74, 6) is 2.22. The van der Waals surface area contributed by atoms with Gasteiger partial charge in [-0.1, -0.05) is 48.2 Å². The fourth-order valence-electron chi connectivity index (χ4n) is 3.83. The molecule has 0 radical (unpaired) electrons. The SMILES string of the molecule is C=CCn1c(SCc2c(C(=O)OCC)oc3ccccc23)nnc1C1COc2ccccc2O1. The summed E-state index contributed by atoms with van der Waals surface area (Å²) in [7, 11) is 0. The number of rotatable bonds is 8. The molecule has 0 saturated carbocycles. The third-order valence-corrected chi connectivity index (χ3v) is 6.35. The van der Waals surface area contributed by atoms with E-state index in [1.54, 1.807) is 13.0 Å². The van der Waals surface area contributed by atoms with Crippen LogP contribution < -0.4 is 9.47 Å². The van der Waals surface area contributed by atoms with Gasteiger partial charge in [0.1, 0.15) is 12.2 Å². The highest BCUT2D eigenvalue weighted by molar-refractivity contribution is 7.98. The van der Waals surface area contributed by atoms with E-state index >= 15 is 0 Å². The molecule has 2 aromatic carbocycles. The number of allylic oxidation sites excluding steroid dienone is 1. The lowest BCUT2D eigenvalue weighted by Gasteiger charge is -2.26. The number of furan rings is 1. The average molecular weight is 478 g/mol. The molecule has 1 aliphatic heterocycles. The normalized spacial score (nSPS) is 14.8. The van der Waals surface area contributed by atoms with Gasteiger partial charge in [0.25, 0.3) is 0 Å². The monoisotopic (exact) mass is 477 g/mol. The number of benzene rings is 2. The molecule has 0 N–H and O–H groups in total. The zero-order valence-electron chi connectivity index (χ0n) is 18.6. The first-order valence-corrected chi connectivity index (χ1v) is 11.9. The highest BCUT2D eigenvalue weighted by atomic mass is 32.2. The molecule has 9 heteroatoms. The van der Waals surface area contributed by atoms with Gasteiger partial charge in [-0.2, -0.15) is 0 Å². The number of nitrogens with zero attached hydrogens (tertiary/aromatic N) is 3. The van der Waals surface area contributed by atoms with E-state index < -0.39 is 12.1 Å². The topological polar surface area (TPSA) is 88.6 Å². The van der Waals surface area contributed by atoms with Gasteiger partial charge in [-0.25, -0.2) is 4.79 Å². The van der Waals surface area contributed by atoms with Gasteiger partial charge in [-0.3, -0.25) is 4.57 Å². The Bertz CT molecular complexity index is 1350. The van der Waals surface area contributed by atoms with Crippen LogP contribution in [0.2, 0.25) is 0 Å². The Kier molecular flexibility index (Phi) is 6.27. The summed E-state index contributed by atoms with van der Waals surface area (Å²) < 4.78 is 25.0. The molecule has 8 nitrogen and oxygen atoms in total. The second kappa shape index (κ2) is 9.64. The van der Waals surface area contributed by atoms with Gasteiger partial charge in [0.2, 0.25) is 5.76 Å². The van der Waals surface area contributed by atoms with Gasteiger partial charge in [-0.15, -0.1) is 16.8 Å². The van der Waals surface area contributed by atoms with Crippen LogP contribution in [0.5, 0.6) is 11.5 Å². The minimum Gasteiger partial charge on any atom is -0.485 e. The maximum atomic E-state index is 12.5. The van der Waals surface area contributed by atoms with Crippen molar-refractivity contribution in [1.29, 1.82) is 0 Å². The molecule has 0 saturated heterocycles. The van der Waals surface area contributed by atoms with Crippen LogP contribution in [0.4, 0.5) is 0 Å². The molecule has 5 rings (SSSR count). The van der Waals surface area contributed by atoms with Crippen molar-refractivity contribution in [1.82, 2.24) is 14.8 Å². The van der Waals surface area contributed by atoms with E-state index in [1.165, 1.54) is 11.8 Å². The predicted octanol–water partition coefficient (Wildman–Crippen LogP) is 5.19. The van der Waals surface area contributed by atoms with Crippen LogP contribution in [0.25, 0.3) is 11.0 Å². The predicted molar refractivity (Wildman–Crippen MR) is 127 cm³/mol. The number of fused-ring (bicyclic) bond motifs is 2. The molecule has 0 amide bonds. The smallest absolute Gasteiger partial charge is 0.374 e. The van der Waals surface area contributed by atoms with Crippen molar-refractivity contribution >= 4 is 28.7 Å². The average Bonchev–Trinajstić information content (AvgIpc) is 3.44. The van der Waals surface area contributed by atoms with Crippen molar-refractivity contribution in [2.45, 2.75) is 30.5 Å². The zero-order valence-corrected chi connectivity index (χ0v) is 19.4. The summed E-state index contributed by atoms with van der Waals surface area (Å²) in [5, 5.41) is 10.4. The summed E-state index contributed by atoms with van der Waals surface area (Å²) in [6.45, 7) is 6.74. The van der Waals surface area contributed by atoms with E-state index in [-0.39, 0.29) is 12.4 Å². The number of carbonyl (C=O) groups is 1. The van der Waals surface area contributed by atoms with E-state index in [1.807, 2.05) is 53.1 Å². The van der Waals surface area contributed by atoms with Gasteiger partial charge < -0.3 is 18.6 Å². The summed E-state index contributed by atoms with van der Waals surface area (Å²) in [5.41, 5.74) is 1.40. The maximum absolute atomic E-state index is 12.5. The summed E-state index contributed by atoms with van der Waals surface area (Å²) in [4.78, 5) is 12.5. The Morgan fingerprint density at radius 2 is 2.00 bits per heavy atom. The fourth-order valence-corrected chi connectivity index (χ4v) is 4.82. The molecule has 0 aliphatic carbocycles. The number of hydrogen-bond acceptors (Lipinski definition) is 8. The van der Waals surface area contributed by atoms with Crippen molar-refractivity contribution < 1.29 is 23.4 Å². The molecule has 1 atom stereocenters. The first-order chi connectivity index (χ1) is 16.7. The third kappa shape index (κ3) is 4.14. The summed E-state index contributed by atoms with van der Waals surface area (Å²) in [6.07, 6.45) is 1.38. The standard InChI is InChI=1S/C25H23N3O5S/c1-3-13-28-23(21-14-31-19-11-7-8-12-20(19)32-21)26-27-25(28)34-15-17-16-9-5-6-10-18(16)33-22(17)24(29)30-4-2/h3,5-12,21H,1,4,13-15H2,2H3. The lowest BCUT2D eigenvalue weighted by molar-refractivity contribution is 0.0491. The number of ether oxygens (including phenoxy) is 3. The molecule has 34 heavy (non-hydrogen) atoms. The molecular weight excluding hydrogens is 454 g/mol. The second-order valence-electron chi connectivity index (χ2n) is 7.52. The van der Waals surface area contributed by atoms with Gasteiger partial charge in [-0.05, 0) is 25.1 Å². The molecule has 4 aromatic rings. The molecule has 0 spiro atoms. The molecule has 1 aliphatic rings. The molecule has 3 heterocycles. The largest absolute Gasteiger partial charge is 0.485 e. The van der Waals surface area contributed by atoms with E-state index in [2.05, 4.69) is 16.8 Å². The van der Waals surface area contributed by atoms with Crippen LogP contribution in [0, 0.1) is 0 Å². The first-order valence-electron chi connectivity index (χ1n) is 10.9. The Morgan fingerprint density at radius 1 is 1.21 bits per heavy atom. The van der Waals surface area contributed by atoms with Crippen LogP contribution in [0.1, 0.15) is 35.0 Å². The molecule has 174 valence electrons. The van der Waals surface area contributed by atoms with Gasteiger partial charge in [0, 0.05) is 23.2 Å². The van der Waals surface area contributed by atoms with E-state index in [4.69, 9.17) is 18.6 Å². The van der Waals surface area contributed by atoms with Gasteiger partial charge in [0.15, 0.2) is 28.6 Å². The van der Waals surface area contributed by atoms with Crippen LogP contribution in [-0.2, 0) is 17.0 Å². The third-order valence-electron chi connectivity index (χ3n) is 5.36. The molecular formula is C25H23N3O5S. The van der Waals surface area contributed by atoms with E-state index in [0.717, 1.165) is 10.9 Å². The fraction of sp³-hybridized carbons (Fsp3) is 0.240. The summed E-state index contributed by atoms with van der Waals surface area (Å²) >= 11 is 1.46. The van der Waals surface area contributed by atoms with Crippen LogP contribution in [0.3, 0.4) is 0 Å². The minimum atomic E-state index is -0.478. The lowest BCUT2D eigenvalue weighted by Crippen LogP contribution is -2.25.